The van der Waals surface area contributed by atoms with E-state index in [9.17, 15) is 14.7 Å². The number of amides is 2. The van der Waals surface area contributed by atoms with Crippen molar-refractivity contribution in [1.82, 2.24) is 20.4 Å². The Bertz CT molecular complexity index is 1440. The highest BCUT2D eigenvalue weighted by Gasteiger charge is 2.48. The number of aromatic nitrogens is 2. The van der Waals surface area contributed by atoms with Crippen molar-refractivity contribution in [2.24, 2.45) is 4.99 Å². The largest absolute Gasteiger partial charge is 0.391 e. The molecule has 9 heteroatoms. The summed E-state index contributed by atoms with van der Waals surface area (Å²) in [4.78, 5) is 37.2. The predicted molar refractivity (Wildman–Crippen MR) is 142 cm³/mol. The maximum absolute atomic E-state index is 13.7. The molecular formula is C29H31N5O4. The molecule has 3 aromatic rings. The van der Waals surface area contributed by atoms with E-state index in [2.05, 4.69) is 27.0 Å². The standard InChI is InChI=1S/C29H31N5O4/c1-16(2)25(24-13-17(3)33-38-24)27(36)34-15-21(35)14-23(34)26-31-28(37)29(5,32-26)20-10-8-19(9-11-20)22-7-6-12-30-18(22)4/h6-13,21,23,25,35H,1,14-15H2,2-5H3,(H,31,32,37)/t21-,23-,25-,29+/m1/s1. The van der Waals surface area contributed by atoms with Gasteiger partial charge in [0.05, 0.1) is 17.8 Å². The summed E-state index contributed by atoms with van der Waals surface area (Å²) >= 11 is 0. The molecule has 2 N–H and O–H groups in total. The molecule has 1 fully saturated rings. The third-order valence-corrected chi connectivity index (χ3v) is 7.36. The summed E-state index contributed by atoms with van der Waals surface area (Å²) in [6, 6.07) is 12.8. The average Bonchev–Trinajstić information content (AvgIpc) is 3.57. The van der Waals surface area contributed by atoms with Crippen LogP contribution in [0.2, 0.25) is 0 Å². The molecule has 0 aliphatic carbocycles. The van der Waals surface area contributed by atoms with Gasteiger partial charge in [0.2, 0.25) is 5.91 Å². The van der Waals surface area contributed by atoms with Gasteiger partial charge < -0.3 is 19.8 Å². The second kappa shape index (κ2) is 9.64. The van der Waals surface area contributed by atoms with Gasteiger partial charge in [-0.15, -0.1) is 0 Å². The molecule has 0 unspecified atom stereocenters. The molecule has 4 atom stereocenters. The number of hydrogen-bond acceptors (Lipinski definition) is 7. The van der Waals surface area contributed by atoms with Crippen molar-refractivity contribution in [3.63, 3.8) is 0 Å². The van der Waals surface area contributed by atoms with Crippen molar-refractivity contribution < 1.29 is 19.2 Å². The minimum atomic E-state index is -1.10. The Morgan fingerprint density at radius 3 is 2.63 bits per heavy atom. The van der Waals surface area contributed by atoms with Crippen molar-refractivity contribution in [1.29, 1.82) is 0 Å². The molecule has 5 rings (SSSR count). The van der Waals surface area contributed by atoms with Crippen molar-refractivity contribution in [3.05, 3.63) is 83.5 Å². The summed E-state index contributed by atoms with van der Waals surface area (Å²) in [5.74, 6) is -0.627. The first kappa shape index (κ1) is 25.5. The number of aryl methyl sites for hydroxylation is 2. The molecular weight excluding hydrogens is 482 g/mol. The van der Waals surface area contributed by atoms with Crippen LogP contribution in [0.4, 0.5) is 0 Å². The maximum Gasteiger partial charge on any atom is 0.277 e. The van der Waals surface area contributed by atoms with Gasteiger partial charge in [-0.2, -0.15) is 4.99 Å². The van der Waals surface area contributed by atoms with E-state index in [1.807, 2.05) is 43.3 Å². The van der Waals surface area contributed by atoms with Crippen LogP contribution in [0.25, 0.3) is 11.1 Å². The van der Waals surface area contributed by atoms with E-state index in [0.29, 0.717) is 22.9 Å². The average molecular weight is 514 g/mol. The molecule has 2 aliphatic heterocycles. The highest BCUT2D eigenvalue weighted by molar-refractivity contribution is 6.09. The SMILES string of the molecule is C=C(C)[C@@H](C(=O)N1C[C@H](O)C[C@@H]1C1=NC(=O)[C@](C)(c2ccc(-c3cccnc3C)cc2)N1)c1cc(C)no1. The topological polar surface area (TPSA) is 121 Å². The Morgan fingerprint density at radius 1 is 1.26 bits per heavy atom. The lowest BCUT2D eigenvalue weighted by atomic mass is 9.90. The molecule has 196 valence electrons. The molecule has 0 saturated carbocycles. The Hall–Kier alpha value is -4.11. The number of benzene rings is 1. The quantitative estimate of drug-likeness (QED) is 0.485. The lowest BCUT2D eigenvalue weighted by Gasteiger charge is -2.30. The van der Waals surface area contributed by atoms with Crippen LogP contribution in [0.1, 0.15) is 48.9 Å². The Balaban J connectivity index is 1.39. The lowest BCUT2D eigenvalue weighted by molar-refractivity contribution is -0.132. The van der Waals surface area contributed by atoms with Crippen LogP contribution in [0.5, 0.6) is 0 Å². The van der Waals surface area contributed by atoms with Crippen LogP contribution in [0.3, 0.4) is 0 Å². The van der Waals surface area contributed by atoms with Crippen molar-refractivity contribution in [3.8, 4) is 11.1 Å². The zero-order valence-corrected chi connectivity index (χ0v) is 21.9. The van der Waals surface area contributed by atoms with Crippen LogP contribution in [0, 0.1) is 13.8 Å². The first-order valence-electron chi connectivity index (χ1n) is 12.6. The van der Waals surface area contributed by atoms with Gasteiger partial charge in [-0.3, -0.25) is 14.6 Å². The van der Waals surface area contributed by atoms with Crippen LogP contribution in [-0.4, -0.2) is 56.5 Å². The molecule has 38 heavy (non-hydrogen) atoms. The summed E-state index contributed by atoms with van der Waals surface area (Å²) in [6.45, 7) is 11.4. The molecule has 1 saturated heterocycles. The van der Waals surface area contributed by atoms with Gasteiger partial charge in [-0.1, -0.05) is 47.6 Å². The molecule has 0 spiro atoms. The van der Waals surface area contributed by atoms with Crippen LogP contribution >= 0.6 is 0 Å². The second-order valence-electron chi connectivity index (χ2n) is 10.3. The van der Waals surface area contributed by atoms with E-state index in [1.165, 1.54) is 0 Å². The minimum absolute atomic E-state index is 0.116. The summed E-state index contributed by atoms with van der Waals surface area (Å²) in [5.41, 5.74) is 3.84. The molecule has 2 aromatic heterocycles. The number of carbonyl (C=O) groups is 2. The van der Waals surface area contributed by atoms with E-state index in [-0.39, 0.29) is 24.8 Å². The molecule has 0 radical (unpaired) electrons. The molecule has 4 heterocycles. The number of rotatable bonds is 6. The van der Waals surface area contributed by atoms with E-state index >= 15 is 0 Å². The monoisotopic (exact) mass is 513 g/mol. The van der Waals surface area contributed by atoms with Crippen LogP contribution in [-0.2, 0) is 15.1 Å². The van der Waals surface area contributed by atoms with Gasteiger partial charge in [0.1, 0.15) is 17.3 Å². The number of aliphatic hydroxyl groups is 1. The summed E-state index contributed by atoms with van der Waals surface area (Å²) in [6.07, 6.45) is 1.27. The van der Waals surface area contributed by atoms with E-state index in [0.717, 1.165) is 22.4 Å². The summed E-state index contributed by atoms with van der Waals surface area (Å²) in [7, 11) is 0. The normalized spacial score (nSPS) is 23.8. The van der Waals surface area contributed by atoms with Gasteiger partial charge in [0.25, 0.3) is 5.91 Å². The van der Waals surface area contributed by atoms with Gasteiger partial charge in [0, 0.05) is 36.5 Å². The van der Waals surface area contributed by atoms with E-state index in [4.69, 9.17) is 4.52 Å². The van der Waals surface area contributed by atoms with Crippen molar-refractivity contribution >= 4 is 17.6 Å². The van der Waals surface area contributed by atoms with Gasteiger partial charge in [0.15, 0.2) is 5.76 Å². The fourth-order valence-electron chi connectivity index (χ4n) is 5.26. The van der Waals surface area contributed by atoms with Crippen molar-refractivity contribution in [2.45, 2.75) is 57.7 Å². The predicted octanol–water partition coefficient (Wildman–Crippen LogP) is 3.42. The molecule has 0 bridgehead atoms. The molecule has 9 nitrogen and oxygen atoms in total. The number of aliphatic hydroxyl groups excluding tert-OH is 1. The number of amidine groups is 1. The fourth-order valence-corrected chi connectivity index (χ4v) is 5.26. The first-order valence-corrected chi connectivity index (χ1v) is 12.6. The van der Waals surface area contributed by atoms with Crippen LogP contribution < -0.4 is 5.32 Å². The zero-order valence-electron chi connectivity index (χ0n) is 21.9. The Kier molecular flexibility index (Phi) is 6.48. The number of carbonyl (C=O) groups excluding carboxylic acids is 2. The first-order chi connectivity index (χ1) is 18.1. The molecule has 2 aliphatic rings. The Morgan fingerprint density at radius 2 is 2.00 bits per heavy atom. The smallest absolute Gasteiger partial charge is 0.277 e. The zero-order chi connectivity index (χ0) is 27.2. The van der Waals surface area contributed by atoms with Gasteiger partial charge in [-0.05, 0) is 44.9 Å². The van der Waals surface area contributed by atoms with E-state index < -0.39 is 23.6 Å². The third kappa shape index (κ3) is 4.43. The molecule has 1 aromatic carbocycles. The van der Waals surface area contributed by atoms with Crippen LogP contribution in [0.15, 0.2) is 70.3 Å². The highest BCUT2D eigenvalue weighted by Crippen LogP contribution is 2.34. The summed E-state index contributed by atoms with van der Waals surface area (Å²) in [5, 5.41) is 17.7. The molecule has 2 amide bonds. The lowest BCUT2D eigenvalue weighted by Crippen LogP contribution is -2.50. The number of β-amino-alcohol motifs (C(OH)–C–C–N with tert-alkyl or cyclic N) is 1. The Labute approximate surface area is 221 Å². The fraction of sp³-hybridized carbons (Fsp3) is 0.345. The van der Waals surface area contributed by atoms with E-state index in [1.54, 1.807) is 37.9 Å². The van der Waals surface area contributed by atoms with Crippen molar-refractivity contribution in [2.75, 3.05) is 6.54 Å². The van der Waals surface area contributed by atoms with Gasteiger partial charge >= 0.3 is 0 Å². The second-order valence-corrected chi connectivity index (χ2v) is 10.3. The van der Waals surface area contributed by atoms with Gasteiger partial charge in [-0.25, -0.2) is 0 Å². The number of nitrogens with zero attached hydrogens (tertiary/aromatic N) is 4. The third-order valence-electron chi connectivity index (χ3n) is 7.36. The number of aliphatic imine (C=N–C) groups is 1. The highest BCUT2D eigenvalue weighted by atomic mass is 16.5. The number of nitrogens with one attached hydrogen (secondary N) is 1. The number of likely N-dealkylation sites (tertiary alicyclic amines) is 1. The maximum atomic E-state index is 13.7. The number of pyridine rings is 1. The summed E-state index contributed by atoms with van der Waals surface area (Å²) < 4.78 is 5.39. The minimum Gasteiger partial charge on any atom is -0.391 e. The number of hydrogen-bond donors (Lipinski definition) is 2.